The molecule has 0 aliphatic heterocycles. The number of aromatic nitrogens is 2. The number of nitrogens with zero attached hydrogens (tertiary/aromatic N) is 3. The summed E-state index contributed by atoms with van der Waals surface area (Å²) in [5, 5.41) is 9.40. The van der Waals surface area contributed by atoms with Crippen molar-refractivity contribution < 1.29 is 4.39 Å². The molecule has 0 saturated carbocycles. The van der Waals surface area contributed by atoms with E-state index in [9.17, 15) is 0 Å². The van der Waals surface area contributed by atoms with E-state index in [-0.39, 0.29) is 5.82 Å². The third-order valence-corrected chi connectivity index (χ3v) is 5.10. The highest BCUT2D eigenvalue weighted by Crippen LogP contribution is 2.36. The smallest absolute Gasteiger partial charge is 0.140 e. The zero-order valence-electron chi connectivity index (χ0n) is 13.4. The lowest BCUT2D eigenvalue weighted by atomic mass is 9.97. The maximum absolute atomic E-state index is 15.4. The predicted molar refractivity (Wildman–Crippen MR) is 102 cm³/mol. The third kappa shape index (κ3) is 3.05. The lowest BCUT2D eigenvalue weighted by Gasteiger charge is -2.11. The van der Waals surface area contributed by atoms with E-state index in [2.05, 4.69) is 9.97 Å². The zero-order valence-corrected chi connectivity index (χ0v) is 15.0. The molecule has 0 spiro atoms. The Morgan fingerprint density at radius 3 is 2.77 bits per heavy atom. The first-order valence-electron chi connectivity index (χ1n) is 7.81. The summed E-state index contributed by atoms with van der Waals surface area (Å²) in [6, 6.07) is 14.4. The van der Waals surface area contributed by atoms with Gasteiger partial charge in [-0.2, -0.15) is 5.26 Å². The second-order valence-electron chi connectivity index (χ2n) is 5.77. The zero-order chi connectivity index (χ0) is 18.1. The monoisotopic (exact) mass is 379 g/mol. The second kappa shape index (κ2) is 6.83. The maximum Gasteiger partial charge on any atom is 0.140 e. The average molecular weight is 380 g/mol. The summed E-state index contributed by atoms with van der Waals surface area (Å²) in [6.07, 6.45) is 1.99. The molecule has 2 heterocycles. The van der Waals surface area contributed by atoms with Crippen LogP contribution >= 0.6 is 22.9 Å². The van der Waals surface area contributed by atoms with Gasteiger partial charge in [0.1, 0.15) is 17.6 Å². The van der Waals surface area contributed by atoms with E-state index in [4.69, 9.17) is 16.9 Å². The number of hydrogen-bond donors (Lipinski definition) is 0. The van der Waals surface area contributed by atoms with Gasteiger partial charge < -0.3 is 0 Å². The molecule has 0 N–H and O–H groups in total. The summed E-state index contributed by atoms with van der Waals surface area (Å²) in [4.78, 5) is 8.40. The van der Waals surface area contributed by atoms with E-state index in [1.165, 1.54) is 11.3 Å². The number of fused-ring (bicyclic) bond motifs is 1. The van der Waals surface area contributed by atoms with Gasteiger partial charge in [0.05, 0.1) is 15.7 Å². The van der Waals surface area contributed by atoms with Crippen molar-refractivity contribution in [2.24, 2.45) is 0 Å². The molecule has 3 nitrogen and oxygen atoms in total. The SMILES string of the molecule is N#Cc1ccc(Cc2cc3scnc3c(-c3cccc(Cl)c3)c2F)cn1. The van der Waals surface area contributed by atoms with E-state index in [1.807, 2.05) is 18.2 Å². The summed E-state index contributed by atoms with van der Waals surface area (Å²) in [5.74, 6) is -0.310. The maximum atomic E-state index is 15.4. The van der Waals surface area contributed by atoms with Gasteiger partial charge in [-0.15, -0.1) is 11.3 Å². The molecule has 2 aromatic heterocycles. The van der Waals surface area contributed by atoms with Gasteiger partial charge >= 0.3 is 0 Å². The molecule has 0 atom stereocenters. The van der Waals surface area contributed by atoms with Crippen LogP contribution in [0.15, 0.2) is 54.2 Å². The first-order chi connectivity index (χ1) is 12.7. The molecule has 26 heavy (non-hydrogen) atoms. The standard InChI is InChI=1S/C20H11ClFN3S/c21-15-3-1-2-13(7-15)18-19(22)14(8-17-20(18)25-11-26-17)6-12-4-5-16(9-23)24-10-12/h1-5,7-8,10-11H,6H2. The summed E-state index contributed by atoms with van der Waals surface area (Å²) in [5.41, 5.74) is 5.24. The molecule has 6 heteroatoms. The molecule has 0 radical (unpaired) electrons. The minimum Gasteiger partial charge on any atom is -0.245 e. The van der Waals surface area contributed by atoms with Crippen molar-refractivity contribution in [3.8, 4) is 17.2 Å². The van der Waals surface area contributed by atoms with Gasteiger partial charge in [-0.25, -0.2) is 14.4 Å². The molecule has 0 bridgehead atoms. The highest BCUT2D eigenvalue weighted by Gasteiger charge is 2.18. The van der Waals surface area contributed by atoms with Crippen molar-refractivity contribution in [1.29, 1.82) is 5.26 Å². The number of halogens is 2. The van der Waals surface area contributed by atoms with Gasteiger partial charge in [0.2, 0.25) is 0 Å². The molecule has 126 valence electrons. The van der Waals surface area contributed by atoms with Crippen molar-refractivity contribution in [2.45, 2.75) is 6.42 Å². The Balaban J connectivity index is 1.85. The molecule has 0 fully saturated rings. The molecule has 4 aromatic rings. The highest BCUT2D eigenvalue weighted by molar-refractivity contribution is 7.16. The summed E-state index contributed by atoms with van der Waals surface area (Å²) < 4.78 is 16.3. The number of benzene rings is 2. The average Bonchev–Trinajstić information content (AvgIpc) is 3.11. The van der Waals surface area contributed by atoms with Crippen LogP contribution in [0, 0.1) is 17.1 Å². The van der Waals surface area contributed by atoms with Crippen LogP contribution in [0.25, 0.3) is 21.3 Å². The Hall–Kier alpha value is -2.81. The molecular formula is C20H11ClFN3S. The van der Waals surface area contributed by atoms with Crippen LogP contribution in [0.5, 0.6) is 0 Å². The summed E-state index contributed by atoms with van der Waals surface area (Å²) in [7, 11) is 0. The number of nitriles is 1. The molecule has 0 aliphatic rings. The van der Waals surface area contributed by atoms with E-state index >= 15 is 4.39 Å². The van der Waals surface area contributed by atoms with Gasteiger partial charge in [-0.3, -0.25) is 0 Å². The van der Waals surface area contributed by atoms with E-state index in [0.717, 1.165) is 10.3 Å². The van der Waals surface area contributed by atoms with Crippen LogP contribution in [0.4, 0.5) is 4.39 Å². The fourth-order valence-electron chi connectivity index (χ4n) is 2.88. The second-order valence-corrected chi connectivity index (χ2v) is 7.10. The summed E-state index contributed by atoms with van der Waals surface area (Å²) >= 11 is 7.57. The molecule has 0 saturated heterocycles. The minimum atomic E-state index is -0.310. The van der Waals surface area contributed by atoms with E-state index in [0.29, 0.717) is 39.3 Å². The van der Waals surface area contributed by atoms with Crippen LogP contribution in [-0.4, -0.2) is 9.97 Å². The van der Waals surface area contributed by atoms with E-state index < -0.39 is 0 Å². The fraction of sp³-hybridized carbons (Fsp3) is 0.0500. The van der Waals surface area contributed by atoms with Gasteiger partial charge in [0.15, 0.2) is 0 Å². The first-order valence-corrected chi connectivity index (χ1v) is 9.07. The third-order valence-electron chi connectivity index (χ3n) is 4.09. The quantitative estimate of drug-likeness (QED) is 0.464. The molecule has 4 rings (SSSR count). The van der Waals surface area contributed by atoms with Crippen molar-refractivity contribution in [3.63, 3.8) is 0 Å². The van der Waals surface area contributed by atoms with Gasteiger partial charge in [-0.1, -0.05) is 29.8 Å². The normalized spacial score (nSPS) is 10.8. The largest absolute Gasteiger partial charge is 0.245 e. The Morgan fingerprint density at radius 1 is 1.15 bits per heavy atom. The lowest BCUT2D eigenvalue weighted by molar-refractivity contribution is 0.619. The molecule has 0 unspecified atom stereocenters. The topological polar surface area (TPSA) is 49.6 Å². The van der Waals surface area contributed by atoms with E-state index in [1.54, 1.807) is 42.0 Å². The van der Waals surface area contributed by atoms with Crippen molar-refractivity contribution in [3.05, 3.63) is 81.8 Å². The first kappa shape index (κ1) is 16.6. The van der Waals surface area contributed by atoms with Crippen LogP contribution in [0.2, 0.25) is 5.02 Å². The van der Waals surface area contributed by atoms with Crippen molar-refractivity contribution >= 4 is 33.2 Å². The molecule has 2 aromatic carbocycles. The molecule has 0 amide bonds. The Bertz CT molecular complexity index is 1150. The predicted octanol–water partition coefficient (Wildman–Crippen LogP) is 5.61. The Kier molecular flexibility index (Phi) is 4.37. The highest BCUT2D eigenvalue weighted by atomic mass is 35.5. The van der Waals surface area contributed by atoms with Gasteiger partial charge in [-0.05, 0) is 41.0 Å². The number of rotatable bonds is 3. The Morgan fingerprint density at radius 2 is 2.04 bits per heavy atom. The Labute approximate surface area is 158 Å². The lowest BCUT2D eigenvalue weighted by Crippen LogP contribution is -1.98. The number of thiazole rings is 1. The summed E-state index contributed by atoms with van der Waals surface area (Å²) in [6.45, 7) is 0. The van der Waals surface area contributed by atoms with Crippen LogP contribution < -0.4 is 0 Å². The van der Waals surface area contributed by atoms with Crippen molar-refractivity contribution in [1.82, 2.24) is 9.97 Å². The minimum absolute atomic E-state index is 0.310. The van der Waals surface area contributed by atoms with Crippen LogP contribution in [0.3, 0.4) is 0 Å². The van der Waals surface area contributed by atoms with Gasteiger partial charge in [0, 0.05) is 23.2 Å². The number of pyridine rings is 1. The van der Waals surface area contributed by atoms with Crippen LogP contribution in [-0.2, 0) is 6.42 Å². The van der Waals surface area contributed by atoms with Gasteiger partial charge in [0.25, 0.3) is 0 Å². The molecular weight excluding hydrogens is 369 g/mol. The fourth-order valence-corrected chi connectivity index (χ4v) is 3.82. The van der Waals surface area contributed by atoms with Crippen LogP contribution in [0.1, 0.15) is 16.8 Å². The van der Waals surface area contributed by atoms with Crippen molar-refractivity contribution in [2.75, 3.05) is 0 Å². The molecule has 0 aliphatic carbocycles. The number of hydrogen-bond acceptors (Lipinski definition) is 4.